The average Bonchev–Trinajstić information content (AvgIpc) is 2.99. The van der Waals surface area contributed by atoms with Gasteiger partial charge in [-0.2, -0.15) is 13.2 Å². The Bertz CT molecular complexity index is 1130. The second-order valence-corrected chi connectivity index (χ2v) is 6.68. The van der Waals surface area contributed by atoms with Crippen LogP contribution in [0.15, 0.2) is 66.3 Å². The van der Waals surface area contributed by atoms with Crippen LogP contribution in [0.5, 0.6) is 0 Å². The number of halogens is 3. The number of aromatic nitrogens is 3. The van der Waals surface area contributed by atoms with E-state index in [-0.39, 0.29) is 11.7 Å². The van der Waals surface area contributed by atoms with Crippen LogP contribution in [0, 0.1) is 0 Å². The first kappa shape index (κ1) is 19.5. The largest absolute Gasteiger partial charge is 0.417 e. The molecule has 7 nitrogen and oxygen atoms in total. The molecule has 0 spiro atoms. The van der Waals surface area contributed by atoms with Gasteiger partial charge in [-0.15, -0.1) is 0 Å². The first-order valence-electron chi connectivity index (χ1n) is 8.76. The van der Waals surface area contributed by atoms with Gasteiger partial charge in [-0.1, -0.05) is 18.2 Å². The topological polar surface area (TPSA) is 97.4 Å². The number of benzene rings is 1. The Hall–Kier alpha value is -3.82. The molecule has 3 heterocycles. The minimum Gasteiger partial charge on any atom is -0.369 e. The highest BCUT2D eigenvalue weighted by Crippen LogP contribution is 2.40. The van der Waals surface area contributed by atoms with Crippen molar-refractivity contribution >= 4 is 11.9 Å². The van der Waals surface area contributed by atoms with E-state index in [1.165, 1.54) is 13.4 Å². The Morgan fingerprint density at radius 2 is 1.77 bits per heavy atom. The van der Waals surface area contributed by atoms with Gasteiger partial charge in [-0.25, -0.2) is 15.0 Å². The standard InChI is InChI=1S/C20H15F3N6O/c1-29-17(30)19(28-18(29)24,16-6-5-15(10-27-16)20(21,22)23)14-4-2-3-12(7-14)13-8-25-11-26-9-13/h2-11H,1H3,(H2,24,28). The summed E-state index contributed by atoms with van der Waals surface area (Å²) in [5.74, 6) is -0.580. The van der Waals surface area contributed by atoms with Crippen LogP contribution in [0.3, 0.4) is 0 Å². The summed E-state index contributed by atoms with van der Waals surface area (Å²) in [5.41, 5.74) is 5.12. The summed E-state index contributed by atoms with van der Waals surface area (Å²) in [6, 6.07) is 8.88. The first-order valence-corrected chi connectivity index (χ1v) is 8.76. The third-order valence-electron chi connectivity index (χ3n) is 4.88. The van der Waals surface area contributed by atoms with Crippen molar-refractivity contribution in [3.63, 3.8) is 0 Å². The molecule has 1 atom stereocenters. The van der Waals surface area contributed by atoms with E-state index in [4.69, 9.17) is 5.73 Å². The minimum absolute atomic E-state index is 0.0364. The molecule has 0 radical (unpaired) electrons. The van der Waals surface area contributed by atoms with Crippen molar-refractivity contribution in [2.75, 3.05) is 7.05 Å². The van der Waals surface area contributed by atoms with E-state index in [1.54, 1.807) is 36.7 Å². The molecule has 0 bridgehead atoms. The zero-order valence-electron chi connectivity index (χ0n) is 15.6. The molecular weight excluding hydrogens is 397 g/mol. The number of hydrogen-bond acceptors (Lipinski definition) is 6. The fraction of sp³-hybridized carbons (Fsp3) is 0.150. The number of amides is 1. The first-order chi connectivity index (χ1) is 14.2. The van der Waals surface area contributed by atoms with Crippen molar-refractivity contribution in [2.45, 2.75) is 11.7 Å². The van der Waals surface area contributed by atoms with Gasteiger partial charge < -0.3 is 5.73 Å². The molecule has 1 aromatic carbocycles. The molecule has 1 aliphatic heterocycles. The lowest BCUT2D eigenvalue weighted by atomic mass is 9.84. The van der Waals surface area contributed by atoms with Crippen LogP contribution in [0.1, 0.15) is 16.8 Å². The lowest BCUT2D eigenvalue weighted by molar-refractivity contribution is -0.137. The summed E-state index contributed by atoms with van der Waals surface area (Å²) in [5, 5.41) is 0. The molecule has 3 aromatic rings. The smallest absolute Gasteiger partial charge is 0.369 e. The molecule has 2 N–H and O–H groups in total. The predicted molar refractivity (Wildman–Crippen MR) is 102 cm³/mol. The maximum Gasteiger partial charge on any atom is 0.417 e. The van der Waals surface area contributed by atoms with Gasteiger partial charge in [0.15, 0.2) is 5.96 Å². The van der Waals surface area contributed by atoms with Crippen LogP contribution in [0.25, 0.3) is 11.1 Å². The molecule has 152 valence electrons. The van der Waals surface area contributed by atoms with Gasteiger partial charge in [0.1, 0.15) is 6.33 Å². The van der Waals surface area contributed by atoms with E-state index >= 15 is 0 Å². The van der Waals surface area contributed by atoms with E-state index in [0.29, 0.717) is 22.9 Å². The third kappa shape index (κ3) is 3.06. The van der Waals surface area contributed by atoms with Gasteiger partial charge in [0, 0.05) is 31.2 Å². The summed E-state index contributed by atoms with van der Waals surface area (Å²) in [6.07, 6.45) is 0.736. The Kier molecular flexibility index (Phi) is 4.49. The number of nitrogens with two attached hydrogens (primary N) is 1. The normalized spacial score (nSPS) is 19.1. The van der Waals surface area contributed by atoms with Crippen LogP contribution in [0.4, 0.5) is 13.2 Å². The van der Waals surface area contributed by atoms with Crippen molar-refractivity contribution in [2.24, 2.45) is 10.7 Å². The summed E-state index contributed by atoms with van der Waals surface area (Å²) in [6.45, 7) is 0. The summed E-state index contributed by atoms with van der Waals surface area (Å²) in [7, 11) is 1.45. The molecule has 1 amide bonds. The highest BCUT2D eigenvalue weighted by molar-refractivity contribution is 6.08. The van der Waals surface area contributed by atoms with E-state index in [9.17, 15) is 18.0 Å². The van der Waals surface area contributed by atoms with Gasteiger partial charge in [0.2, 0.25) is 5.54 Å². The number of aliphatic imine (C=N–C) groups is 1. The SMILES string of the molecule is CN1C(=O)C(c2cccc(-c3cncnc3)c2)(c2ccc(C(F)(F)F)cn2)N=C1N. The van der Waals surface area contributed by atoms with Crippen molar-refractivity contribution in [3.8, 4) is 11.1 Å². The molecule has 2 aromatic heterocycles. The van der Waals surface area contributed by atoms with Crippen LogP contribution >= 0.6 is 0 Å². The number of hydrogen-bond donors (Lipinski definition) is 1. The number of carbonyl (C=O) groups excluding carboxylic acids is 1. The van der Waals surface area contributed by atoms with Crippen LogP contribution in [-0.2, 0) is 16.5 Å². The zero-order valence-corrected chi connectivity index (χ0v) is 15.6. The highest BCUT2D eigenvalue weighted by atomic mass is 19.4. The molecule has 10 heteroatoms. The van der Waals surface area contributed by atoms with Gasteiger partial charge >= 0.3 is 6.18 Å². The molecule has 0 aliphatic carbocycles. The second kappa shape index (κ2) is 6.90. The molecule has 1 unspecified atom stereocenters. The number of nitrogens with zero attached hydrogens (tertiary/aromatic N) is 5. The average molecular weight is 412 g/mol. The minimum atomic E-state index is -4.55. The number of alkyl halides is 3. The third-order valence-corrected chi connectivity index (χ3v) is 4.88. The van der Waals surface area contributed by atoms with Gasteiger partial charge in [-0.3, -0.25) is 14.7 Å². The van der Waals surface area contributed by atoms with E-state index in [1.807, 2.05) is 0 Å². The van der Waals surface area contributed by atoms with E-state index in [0.717, 1.165) is 17.0 Å². The highest BCUT2D eigenvalue weighted by Gasteiger charge is 2.51. The lowest BCUT2D eigenvalue weighted by Gasteiger charge is -2.25. The van der Waals surface area contributed by atoms with E-state index < -0.39 is 23.2 Å². The molecule has 0 fully saturated rings. The number of pyridine rings is 1. The summed E-state index contributed by atoms with van der Waals surface area (Å²) < 4.78 is 38.9. The fourth-order valence-electron chi connectivity index (χ4n) is 3.29. The molecule has 0 saturated heterocycles. The number of carbonyl (C=O) groups is 1. The van der Waals surface area contributed by atoms with Crippen molar-refractivity contribution in [1.82, 2.24) is 19.9 Å². The molecular formula is C20H15F3N6O. The van der Waals surface area contributed by atoms with Crippen molar-refractivity contribution in [1.29, 1.82) is 0 Å². The monoisotopic (exact) mass is 412 g/mol. The van der Waals surface area contributed by atoms with E-state index in [2.05, 4.69) is 19.9 Å². The number of rotatable bonds is 3. The molecule has 30 heavy (non-hydrogen) atoms. The Morgan fingerprint density at radius 3 is 2.33 bits per heavy atom. The Morgan fingerprint density at radius 1 is 1.03 bits per heavy atom. The second-order valence-electron chi connectivity index (χ2n) is 6.68. The lowest BCUT2D eigenvalue weighted by Crippen LogP contribution is -2.41. The fourth-order valence-corrected chi connectivity index (χ4v) is 3.29. The molecule has 4 rings (SSSR count). The summed E-state index contributed by atoms with van der Waals surface area (Å²) >= 11 is 0. The predicted octanol–water partition coefficient (Wildman–Crippen LogP) is 2.59. The van der Waals surface area contributed by atoms with Crippen LogP contribution in [0.2, 0.25) is 0 Å². The maximum absolute atomic E-state index is 13.2. The van der Waals surface area contributed by atoms with Crippen molar-refractivity contribution < 1.29 is 18.0 Å². The quantitative estimate of drug-likeness (QED) is 0.713. The molecule has 0 saturated carbocycles. The Balaban J connectivity index is 1.90. The van der Waals surface area contributed by atoms with Gasteiger partial charge in [-0.05, 0) is 29.3 Å². The van der Waals surface area contributed by atoms with Crippen LogP contribution in [-0.4, -0.2) is 38.8 Å². The van der Waals surface area contributed by atoms with Crippen molar-refractivity contribution in [3.05, 3.63) is 78.1 Å². The molecule has 1 aliphatic rings. The van der Waals surface area contributed by atoms with Gasteiger partial charge in [0.05, 0.1) is 11.3 Å². The zero-order chi connectivity index (χ0) is 21.5. The summed E-state index contributed by atoms with van der Waals surface area (Å²) in [4.78, 5) is 30.6. The maximum atomic E-state index is 13.2. The Labute approximate surface area is 169 Å². The van der Waals surface area contributed by atoms with Gasteiger partial charge in [0.25, 0.3) is 5.91 Å². The number of guanidine groups is 1. The van der Waals surface area contributed by atoms with Crippen LogP contribution < -0.4 is 5.73 Å². The number of likely N-dealkylation sites (N-methyl/N-ethyl adjacent to an activating group) is 1.